The van der Waals surface area contributed by atoms with E-state index in [1.54, 1.807) is 11.3 Å². The fraction of sp³-hybridized carbons (Fsp3) is 0.467. The van der Waals surface area contributed by atoms with Crippen LogP contribution in [0.4, 0.5) is 0 Å². The van der Waals surface area contributed by atoms with E-state index in [2.05, 4.69) is 23.0 Å². The Labute approximate surface area is 123 Å². The van der Waals surface area contributed by atoms with Gasteiger partial charge in [0.2, 0.25) is 0 Å². The molecule has 5 heteroatoms. The Kier molecular flexibility index (Phi) is 5.49. The highest BCUT2D eigenvalue weighted by molar-refractivity contribution is 7.18. The van der Waals surface area contributed by atoms with Gasteiger partial charge in [0, 0.05) is 6.42 Å². The third-order valence-corrected chi connectivity index (χ3v) is 3.99. The average molecular weight is 292 g/mol. The molecule has 0 saturated heterocycles. The van der Waals surface area contributed by atoms with Gasteiger partial charge in [0.15, 0.2) is 0 Å². The lowest BCUT2D eigenvalue weighted by molar-refractivity contribution is -0.143. The molecule has 20 heavy (non-hydrogen) atoms. The number of carbonyl (C=O) groups excluding carboxylic acids is 1. The lowest BCUT2D eigenvalue weighted by atomic mass is 10.3. The van der Waals surface area contributed by atoms with Gasteiger partial charge in [-0.2, -0.15) is 0 Å². The standard InChI is InChI=1S/C15H20N2O2S/c1-3-19-15(18)9-6-10-17(2)11-14-16-12-7-4-5-8-13(12)20-14/h4-5,7-8H,3,6,9-11H2,1-2H3. The lowest BCUT2D eigenvalue weighted by Crippen LogP contribution is -2.20. The molecule has 0 radical (unpaired) electrons. The predicted octanol–water partition coefficient (Wildman–Crippen LogP) is 3.07. The molecule has 0 unspecified atom stereocenters. The zero-order valence-corrected chi connectivity index (χ0v) is 12.8. The Bertz CT molecular complexity index is 535. The maximum atomic E-state index is 11.2. The molecule has 0 saturated carbocycles. The number of rotatable bonds is 7. The molecule has 0 aliphatic rings. The fourth-order valence-corrected chi connectivity index (χ4v) is 3.07. The molecule has 0 N–H and O–H groups in total. The van der Waals surface area contributed by atoms with Crippen molar-refractivity contribution in [1.82, 2.24) is 9.88 Å². The molecule has 0 fully saturated rings. The summed E-state index contributed by atoms with van der Waals surface area (Å²) in [5.41, 5.74) is 1.06. The molecule has 108 valence electrons. The molecule has 0 amide bonds. The summed E-state index contributed by atoms with van der Waals surface area (Å²) in [5.74, 6) is -0.110. The van der Waals surface area contributed by atoms with Gasteiger partial charge in [0.05, 0.1) is 23.4 Å². The number of para-hydroxylation sites is 1. The second kappa shape index (κ2) is 7.36. The Morgan fingerprint density at radius 2 is 2.20 bits per heavy atom. The molecule has 0 aliphatic carbocycles. The molecular formula is C15H20N2O2S. The van der Waals surface area contributed by atoms with Crippen molar-refractivity contribution in [2.45, 2.75) is 26.3 Å². The number of thiazole rings is 1. The number of aromatic nitrogens is 1. The first-order valence-corrected chi connectivity index (χ1v) is 7.69. The van der Waals surface area contributed by atoms with Crippen LogP contribution in [0.15, 0.2) is 24.3 Å². The van der Waals surface area contributed by atoms with E-state index in [1.807, 2.05) is 25.1 Å². The maximum absolute atomic E-state index is 11.2. The summed E-state index contributed by atoms with van der Waals surface area (Å²) in [6, 6.07) is 8.18. The van der Waals surface area contributed by atoms with Crippen molar-refractivity contribution in [3.05, 3.63) is 29.3 Å². The zero-order valence-electron chi connectivity index (χ0n) is 12.0. The number of hydrogen-bond donors (Lipinski definition) is 0. The quantitative estimate of drug-likeness (QED) is 0.736. The summed E-state index contributed by atoms with van der Waals surface area (Å²) in [7, 11) is 2.05. The van der Waals surface area contributed by atoms with Gasteiger partial charge in [-0.3, -0.25) is 9.69 Å². The monoisotopic (exact) mass is 292 g/mol. The molecule has 1 aromatic carbocycles. The van der Waals surface area contributed by atoms with Crippen LogP contribution < -0.4 is 0 Å². The SMILES string of the molecule is CCOC(=O)CCCN(C)Cc1nc2ccccc2s1. The van der Waals surface area contributed by atoms with Crippen LogP contribution in [0.3, 0.4) is 0 Å². The Morgan fingerprint density at radius 3 is 2.95 bits per heavy atom. The lowest BCUT2D eigenvalue weighted by Gasteiger charge is -2.14. The van der Waals surface area contributed by atoms with E-state index in [4.69, 9.17) is 4.74 Å². The molecule has 0 bridgehead atoms. The van der Waals surface area contributed by atoms with Crippen molar-refractivity contribution in [2.24, 2.45) is 0 Å². The van der Waals surface area contributed by atoms with Gasteiger partial charge in [-0.1, -0.05) is 12.1 Å². The van der Waals surface area contributed by atoms with E-state index in [0.717, 1.165) is 30.0 Å². The van der Waals surface area contributed by atoms with Crippen LogP contribution in [0.5, 0.6) is 0 Å². The average Bonchev–Trinajstić information content (AvgIpc) is 2.80. The van der Waals surface area contributed by atoms with Gasteiger partial charge >= 0.3 is 5.97 Å². The summed E-state index contributed by atoms with van der Waals surface area (Å²) in [6.07, 6.45) is 1.30. The van der Waals surface area contributed by atoms with Gasteiger partial charge in [-0.05, 0) is 39.1 Å². The first-order valence-electron chi connectivity index (χ1n) is 6.87. The molecule has 2 rings (SSSR count). The normalized spacial score (nSPS) is 11.2. The zero-order chi connectivity index (χ0) is 14.4. The summed E-state index contributed by atoms with van der Waals surface area (Å²) in [5, 5.41) is 1.12. The van der Waals surface area contributed by atoms with Gasteiger partial charge in [-0.25, -0.2) is 4.98 Å². The molecule has 1 aromatic heterocycles. The summed E-state index contributed by atoms with van der Waals surface area (Å²) < 4.78 is 6.14. The number of nitrogens with zero attached hydrogens (tertiary/aromatic N) is 2. The molecular weight excluding hydrogens is 272 g/mol. The molecule has 0 spiro atoms. The molecule has 0 atom stereocenters. The third-order valence-electron chi connectivity index (χ3n) is 2.97. The van der Waals surface area contributed by atoms with Crippen LogP contribution in [0, 0.1) is 0 Å². The summed E-state index contributed by atoms with van der Waals surface area (Å²) in [6.45, 7) is 3.98. The summed E-state index contributed by atoms with van der Waals surface area (Å²) >= 11 is 1.73. The highest BCUT2D eigenvalue weighted by Crippen LogP contribution is 2.22. The number of hydrogen-bond acceptors (Lipinski definition) is 5. The van der Waals surface area contributed by atoms with Crippen LogP contribution in [-0.4, -0.2) is 36.1 Å². The largest absolute Gasteiger partial charge is 0.466 e. The number of esters is 1. The van der Waals surface area contributed by atoms with E-state index >= 15 is 0 Å². The fourth-order valence-electron chi connectivity index (χ4n) is 2.02. The van der Waals surface area contributed by atoms with E-state index in [1.165, 1.54) is 4.70 Å². The van der Waals surface area contributed by atoms with E-state index < -0.39 is 0 Å². The highest BCUT2D eigenvalue weighted by Gasteiger charge is 2.07. The number of fused-ring (bicyclic) bond motifs is 1. The Morgan fingerprint density at radius 1 is 1.40 bits per heavy atom. The van der Waals surface area contributed by atoms with Gasteiger partial charge in [-0.15, -0.1) is 11.3 Å². The third kappa shape index (κ3) is 4.28. The minimum atomic E-state index is -0.110. The van der Waals surface area contributed by atoms with Crippen LogP contribution in [-0.2, 0) is 16.1 Å². The number of carbonyl (C=O) groups is 1. The van der Waals surface area contributed by atoms with Crippen LogP contribution in [0.2, 0.25) is 0 Å². The first kappa shape index (κ1) is 14.9. The second-order valence-corrected chi connectivity index (χ2v) is 5.84. The minimum absolute atomic E-state index is 0.110. The smallest absolute Gasteiger partial charge is 0.305 e. The van der Waals surface area contributed by atoms with Crippen molar-refractivity contribution < 1.29 is 9.53 Å². The van der Waals surface area contributed by atoms with Crippen molar-refractivity contribution in [3.8, 4) is 0 Å². The Hall–Kier alpha value is -1.46. The van der Waals surface area contributed by atoms with Gasteiger partial charge in [0.25, 0.3) is 0 Å². The van der Waals surface area contributed by atoms with E-state index in [-0.39, 0.29) is 5.97 Å². The second-order valence-electron chi connectivity index (χ2n) is 4.72. The van der Waals surface area contributed by atoms with Crippen LogP contribution in [0.1, 0.15) is 24.8 Å². The molecule has 2 aromatic rings. The van der Waals surface area contributed by atoms with Crippen molar-refractivity contribution >= 4 is 27.5 Å². The number of benzene rings is 1. The van der Waals surface area contributed by atoms with E-state index in [0.29, 0.717) is 13.0 Å². The van der Waals surface area contributed by atoms with Crippen molar-refractivity contribution in [3.63, 3.8) is 0 Å². The maximum Gasteiger partial charge on any atom is 0.305 e. The van der Waals surface area contributed by atoms with Crippen molar-refractivity contribution in [2.75, 3.05) is 20.2 Å². The molecule has 4 nitrogen and oxygen atoms in total. The Balaban J connectivity index is 1.79. The van der Waals surface area contributed by atoms with E-state index in [9.17, 15) is 4.79 Å². The van der Waals surface area contributed by atoms with Crippen molar-refractivity contribution in [1.29, 1.82) is 0 Å². The van der Waals surface area contributed by atoms with Gasteiger partial charge < -0.3 is 4.74 Å². The molecule has 1 heterocycles. The summed E-state index contributed by atoms with van der Waals surface area (Å²) in [4.78, 5) is 18.1. The minimum Gasteiger partial charge on any atom is -0.466 e. The predicted molar refractivity (Wildman–Crippen MR) is 81.8 cm³/mol. The van der Waals surface area contributed by atoms with Crippen LogP contribution >= 0.6 is 11.3 Å². The molecule has 0 aliphatic heterocycles. The van der Waals surface area contributed by atoms with Crippen LogP contribution in [0.25, 0.3) is 10.2 Å². The number of ether oxygens (including phenoxy) is 1. The van der Waals surface area contributed by atoms with Gasteiger partial charge in [0.1, 0.15) is 5.01 Å². The topological polar surface area (TPSA) is 42.4 Å². The first-order chi connectivity index (χ1) is 9.69. The highest BCUT2D eigenvalue weighted by atomic mass is 32.1.